The Labute approximate surface area is 194 Å². The minimum Gasteiger partial charge on any atom is -0.383 e. The van der Waals surface area contributed by atoms with E-state index in [0.717, 1.165) is 16.6 Å². The summed E-state index contributed by atoms with van der Waals surface area (Å²) in [5.41, 5.74) is 9.65. The number of para-hydroxylation sites is 1. The smallest absolute Gasteiger partial charge is 0.265 e. The monoisotopic (exact) mass is 458 g/mol. The van der Waals surface area contributed by atoms with Gasteiger partial charge in [0, 0.05) is 17.1 Å². The first-order valence-electron chi connectivity index (χ1n) is 10.2. The predicted molar refractivity (Wildman–Crippen MR) is 126 cm³/mol. The van der Waals surface area contributed by atoms with Crippen LogP contribution in [0.3, 0.4) is 0 Å². The standard InChI is InChI=1S/C23H19ClN8O/c1-12(29-22-18(21(25)27-11-28-22)23-30-13(2)32-33-23)15-10-14-6-5-7-16(24)19(14)31-20(15)17-8-3-4-9-26-17/h3-12H,1-2H3,(H3,25,27,28,29). The molecule has 1 unspecified atom stereocenters. The van der Waals surface area contributed by atoms with Crippen molar-refractivity contribution in [3.63, 3.8) is 0 Å². The number of fused-ring (bicyclic) bond motifs is 1. The van der Waals surface area contributed by atoms with E-state index < -0.39 is 0 Å². The van der Waals surface area contributed by atoms with Crippen LogP contribution < -0.4 is 11.1 Å². The van der Waals surface area contributed by atoms with Crippen LogP contribution in [0.25, 0.3) is 33.7 Å². The predicted octanol–water partition coefficient (Wildman–Crippen LogP) is 4.85. The summed E-state index contributed by atoms with van der Waals surface area (Å²) in [5, 5.41) is 8.75. The van der Waals surface area contributed by atoms with E-state index in [4.69, 9.17) is 26.8 Å². The molecule has 4 aromatic heterocycles. The number of nitrogens with zero attached hydrogens (tertiary/aromatic N) is 6. The van der Waals surface area contributed by atoms with Crippen molar-refractivity contribution in [3.8, 4) is 22.8 Å². The molecule has 5 rings (SSSR count). The number of aromatic nitrogens is 6. The molecule has 0 fully saturated rings. The van der Waals surface area contributed by atoms with E-state index in [9.17, 15) is 0 Å². The largest absolute Gasteiger partial charge is 0.383 e. The van der Waals surface area contributed by atoms with E-state index >= 15 is 0 Å². The molecule has 4 heterocycles. The van der Waals surface area contributed by atoms with Crippen LogP contribution >= 0.6 is 11.6 Å². The number of benzene rings is 1. The van der Waals surface area contributed by atoms with E-state index in [-0.39, 0.29) is 17.8 Å². The molecule has 164 valence electrons. The third-order valence-corrected chi connectivity index (χ3v) is 5.48. The molecule has 3 N–H and O–H groups in total. The first kappa shape index (κ1) is 20.8. The maximum atomic E-state index is 6.43. The molecule has 9 nitrogen and oxygen atoms in total. The van der Waals surface area contributed by atoms with Crippen molar-refractivity contribution in [1.29, 1.82) is 0 Å². The summed E-state index contributed by atoms with van der Waals surface area (Å²) in [6.45, 7) is 3.73. The van der Waals surface area contributed by atoms with Crippen molar-refractivity contribution < 1.29 is 4.52 Å². The van der Waals surface area contributed by atoms with E-state index in [1.165, 1.54) is 6.33 Å². The van der Waals surface area contributed by atoms with Crippen molar-refractivity contribution in [2.75, 3.05) is 11.1 Å². The molecule has 0 aliphatic carbocycles. The third kappa shape index (κ3) is 3.94. The van der Waals surface area contributed by atoms with Gasteiger partial charge in [-0.1, -0.05) is 35.0 Å². The van der Waals surface area contributed by atoms with Gasteiger partial charge in [-0.25, -0.2) is 15.0 Å². The lowest BCUT2D eigenvalue weighted by atomic mass is 10.0. The van der Waals surface area contributed by atoms with E-state index in [2.05, 4.69) is 36.5 Å². The molecule has 1 aromatic carbocycles. The molecule has 0 radical (unpaired) electrons. The fourth-order valence-corrected chi connectivity index (χ4v) is 3.84. The lowest BCUT2D eigenvalue weighted by Crippen LogP contribution is -2.13. The number of nitrogens with two attached hydrogens (primary N) is 1. The van der Waals surface area contributed by atoms with Gasteiger partial charge in [-0.15, -0.1) is 0 Å². The molecule has 1 atom stereocenters. The van der Waals surface area contributed by atoms with Gasteiger partial charge < -0.3 is 15.6 Å². The lowest BCUT2D eigenvalue weighted by molar-refractivity contribution is 0.425. The second kappa shape index (κ2) is 8.44. The Bertz CT molecular complexity index is 1450. The van der Waals surface area contributed by atoms with Crippen LogP contribution in [-0.4, -0.2) is 30.1 Å². The Morgan fingerprint density at radius 2 is 1.94 bits per heavy atom. The van der Waals surface area contributed by atoms with Gasteiger partial charge in [0.25, 0.3) is 5.89 Å². The van der Waals surface area contributed by atoms with Crippen molar-refractivity contribution >= 4 is 34.1 Å². The number of nitrogens with one attached hydrogen (secondary N) is 1. The number of hydrogen-bond acceptors (Lipinski definition) is 9. The van der Waals surface area contributed by atoms with Gasteiger partial charge in [0.1, 0.15) is 23.5 Å². The lowest BCUT2D eigenvalue weighted by Gasteiger charge is -2.20. The Balaban J connectivity index is 1.63. The van der Waals surface area contributed by atoms with E-state index in [1.54, 1.807) is 13.1 Å². The molecule has 0 bridgehead atoms. The summed E-state index contributed by atoms with van der Waals surface area (Å²) in [5.74, 6) is 1.43. The van der Waals surface area contributed by atoms with Gasteiger partial charge in [-0.05, 0) is 38.1 Å². The highest BCUT2D eigenvalue weighted by molar-refractivity contribution is 6.35. The summed E-state index contributed by atoms with van der Waals surface area (Å²) in [7, 11) is 0. The zero-order chi connectivity index (χ0) is 22.9. The molecule has 0 aliphatic heterocycles. The quantitative estimate of drug-likeness (QED) is 0.379. The fourth-order valence-electron chi connectivity index (χ4n) is 3.62. The average Bonchev–Trinajstić information content (AvgIpc) is 3.25. The Morgan fingerprint density at radius 3 is 2.70 bits per heavy atom. The number of rotatable bonds is 5. The number of pyridine rings is 2. The minimum atomic E-state index is -0.241. The van der Waals surface area contributed by atoms with Gasteiger partial charge in [0.2, 0.25) is 0 Å². The fraction of sp³-hybridized carbons (Fsp3) is 0.130. The summed E-state index contributed by atoms with van der Waals surface area (Å²) in [6, 6.07) is 13.2. The molecule has 33 heavy (non-hydrogen) atoms. The molecule has 0 aliphatic rings. The SMILES string of the molecule is Cc1noc(-c2c(N)ncnc2NC(C)c2cc3cccc(Cl)c3nc2-c2ccccn2)n1. The Kier molecular flexibility index (Phi) is 5.31. The van der Waals surface area contributed by atoms with Crippen molar-refractivity contribution in [1.82, 2.24) is 30.1 Å². The van der Waals surface area contributed by atoms with Crippen molar-refractivity contribution in [2.45, 2.75) is 19.9 Å². The molecule has 0 saturated heterocycles. The summed E-state index contributed by atoms with van der Waals surface area (Å²) in [6.07, 6.45) is 3.12. The second-order valence-electron chi connectivity index (χ2n) is 7.45. The van der Waals surface area contributed by atoms with Crippen LogP contribution in [0, 0.1) is 6.92 Å². The summed E-state index contributed by atoms with van der Waals surface area (Å²) < 4.78 is 5.32. The van der Waals surface area contributed by atoms with Crippen LogP contribution in [0.2, 0.25) is 5.02 Å². The number of aryl methyl sites for hydroxylation is 1. The minimum absolute atomic E-state index is 0.233. The topological polar surface area (TPSA) is 129 Å². The van der Waals surface area contributed by atoms with Crippen LogP contribution in [-0.2, 0) is 0 Å². The second-order valence-corrected chi connectivity index (χ2v) is 7.86. The average molecular weight is 459 g/mol. The molecular formula is C23H19ClN8O. The van der Waals surface area contributed by atoms with Crippen molar-refractivity contribution in [3.05, 3.63) is 71.4 Å². The maximum absolute atomic E-state index is 6.43. The first-order chi connectivity index (χ1) is 16.0. The van der Waals surface area contributed by atoms with Crippen LogP contribution in [0.4, 0.5) is 11.6 Å². The first-order valence-corrected chi connectivity index (χ1v) is 10.6. The highest BCUT2D eigenvalue weighted by Crippen LogP contribution is 2.35. The van der Waals surface area contributed by atoms with E-state index in [0.29, 0.717) is 33.4 Å². The summed E-state index contributed by atoms with van der Waals surface area (Å²) in [4.78, 5) is 22.1. The highest BCUT2D eigenvalue weighted by atomic mass is 35.5. The maximum Gasteiger partial charge on any atom is 0.265 e. The highest BCUT2D eigenvalue weighted by Gasteiger charge is 2.22. The van der Waals surface area contributed by atoms with Crippen LogP contribution in [0.15, 0.2) is 59.5 Å². The molecule has 0 saturated carbocycles. The van der Waals surface area contributed by atoms with Gasteiger partial charge in [0.15, 0.2) is 5.82 Å². The Hall–Kier alpha value is -4.11. The summed E-state index contributed by atoms with van der Waals surface area (Å²) >= 11 is 6.43. The molecule has 5 aromatic rings. The molecule has 0 spiro atoms. The van der Waals surface area contributed by atoms with Crippen LogP contribution in [0.5, 0.6) is 0 Å². The Morgan fingerprint density at radius 1 is 1.06 bits per heavy atom. The van der Waals surface area contributed by atoms with Gasteiger partial charge in [-0.2, -0.15) is 4.98 Å². The zero-order valence-corrected chi connectivity index (χ0v) is 18.6. The van der Waals surface area contributed by atoms with E-state index in [1.807, 2.05) is 43.3 Å². The number of hydrogen-bond donors (Lipinski definition) is 2. The van der Waals surface area contributed by atoms with Gasteiger partial charge >= 0.3 is 0 Å². The normalized spacial score (nSPS) is 12.1. The molecule has 0 amide bonds. The third-order valence-electron chi connectivity index (χ3n) is 5.17. The van der Waals surface area contributed by atoms with Crippen LogP contribution in [0.1, 0.15) is 24.4 Å². The van der Waals surface area contributed by atoms with Gasteiger partial charge in [-0.3, -0.25) is 4.98 Å². The molecular weight excluding hydrogens is 440 g/mol. The van der Waals surface area contributed by atoms with Gasteiger partial charge in [0.05, 0.1) is 28.0 Å². The molecule has 10 heteroatoms. The number of anilines is 2. The number of halogens is 1. The van der Waals surface area contributed by atoms with Crippen molar-refractivity contribution in [2.24, 2.45) is 0 Å². The number of nitrogen functional groups attached to an aromatic ring is 1. The zero-order valence-electron chi connectivity index (χ0n) is 17.8.